The Bertz CT molecular complexity index is 628. The Balaban J connectivity index is 2.26. The number of halogens is 1. The van der Waals surface area contributed by atoms with E-state index in [9.17, 15) is 4.79 Å². The Hall–Kier alpha value is -1.11. The molecule has 0 aliphatic carbocycles. The first-order valence-corrected chi connectivity index (χ1v) is 8.96. The Morgan fingerprint density at radius 3 is 2.57 bits per heavy atom. The monoisotopic (exact) mass is 399 g/mol. The number of aryl methyl sites for hydroxylation is 2. The lowest BCUT2D eigenvalue weighted by Gasteiger charge is -2.01. The predicted octanol–water partition coefficient (Wildman–Crippen LogP) is 3.18. The van der Waals surface area contributed by atoms with Crippen LogP contribution in [0.5, 0.6) is 0 Å². The van der Waals surface area contributed by atoms with Crippen LogP contribution in [0, 0.1) is 6.92 Å². The minimum absolute atomic E-state index is 0.0147. The molecule has 0 saturated carbocycles. The molecule has 0 N–H and O–H groups in total. The van der Waals surface area contributed by atoms with Crippen molar-refractivity contribution in [3.05, 3.63) is 51.7 Å². The van der Waals surface area contributed by atoms with Crippen molar-refractivity contribution in [2.75, 3.05) is 4.43 Å². The zero-order valence-electron chi connectivity index (χ0n) is 12.7. The molecule has 1 aromatic carbocycles. The average Bonchev–Trinajstić information content (AvgIpc) is 2.77. The molecular weight excluding hydrogens is 377 g/mol. The summed E-state index contributed by atoms with van der Waals surface area (Å²) in [6.45, 7) is 5.45. The molecule has 2 rings (SSSR count). The average molecular weight is 399 g/mol. The highest BCUT2D eigenvalue weighted by Gasteiger charge is 2.12. The molecule has 0 bridgehead atoms. The second-order valence-electron chi connectivity index (χ2n) is 5.29. The van der Waals surface area contributed by atoms with E-state index in [1.807, 2.05) is 4.57 Å². The van der Waals surface area contributed by atoms with Crippen LogP contribution in [0.2, 0.25) is 0 Å². The molecule has 21 heavy (non-hydrogen) atoms. The fourth-order valence-electron chi connectivity index (χ4n) is 2.31. The van der Waals surface area contributed by atoms with Crippen LogP contribution in [0.25, 0.3) is 0 Å². The summed E-state index contributed by atoms with van der Waals surface area (Å²) >= 11 is 2.36. The van der Waals surface area contributed by atoms with Gasteiger partial charge >= 0.3 is 5.69 Å². The smallest absolute Gasteiger partial charge is 0.279 e. The maximum atomic E-state index is 12.5. The van der Waals surface area contributed by atoms with Crippen LogP contribution in [0.1, 0.15) is 36.7 Å². The van der Waals surface area contributed by atoms with E-state index in [1.165, 1.54) is 5.56 Å². The third-order valence-electron chi connectivity index (χ3n) is 3.43. The van der Waals surface area contributed by atoms with Crippen LogP contribution >= 0.6 is 22.6 Å². The Morgan fingerprint density at radius 2 is 1.95 bits per heavy atom. The zero-order chi connectivity index (χ0) is 15.2. The van der Waals surface area contributed by atoms with Crippen LogP contribution in [-0.2, 0) is 19.5 Å². The maximum absolute atomic E-state index is 12.5. The molecule has 1 heterocycles. The summed E-state index contributed by atoms with van der Waals surface area (Å²) in [6, 6.07) is 8.26. The summed E-state index contributed by atoms with van der Waals surface area (Å²) in [6.07, 6.45) is 2.89. The van der Waals surface area contributed by atoms with Crippen LogP contribution in [0.4, 0.5) is 0 Å². The van der Waals surface area contributed by atoms with Gasteiger partial charge in [-0.25, -0.2) is 9.48 Å². The predicted molar refractivity (Wildman–Crippen MR) is 94.3 cm³/mol. The molecule has 2 aromatic rings. The van der Waals surface area contributed by atoms with Crippen molar-refractivity contribution in [1.82, 2.24) is 14.3 Å². The summed E-state index contributed by atoms with van der Waals surface area (Å²) in [5.41, 5.74) is 2.36. The molecule has 5 heteroatoms. The largest absolute Gasteiger partial charge is 0.346 e. The molecule has 0 aliphatic rings. The van der Waals surface area contributed by atoms with Gasteiger partial charge in [-0.1, -0.05) is 59.3 Å². The topological polar surface area (TPSA) is 39.8 Å². The van der Waals surface area contributed by atoms with Crippen molar-refractivity contribution < 1.29 is 0 Å². The molecule has 0 amide bonds. The van der Waals surface area contributed by atoms with Gasteiger partial charge in [0.05, 0.1) is 6.54 Å². The number of benzene rings is 1. The van der Waals surface area contributed by atoms with E-state index < -0.39 is 0 Å². The third-order valence-corrected chi connectivity index (χ3v) is 4.20. The molecule has 0 radical (unpaired) electrons. The molecule has 0 unspecified atom stereocenters. The van der Waals surface area contributed by atoms with Crippen molar-refractivity contribution in [2.45, 2.75) is 46.2 Å². The molecule has 0 spiro atoms. The van der Waals surface area contributed by atoms with E-state index in [2.05, 4.69) is 65.8 Å². The molecule has 4 nitrogen and oxygen atoms in total. The first-order chi connectivity index (χ1) is 10.2. The lowest BCUT2D eigenvalue weighted by atomic mass is 10.1. The SMILES string of the molecule is CCCn1c(CCCI)nn(Cc2ccc(C)cc2)c1=O. The fourth-order valence-corrected chi connectivity index (χ4v) is 2.69. The van der Waals surface area contributed by atoms with Crippen molar-refractivity contribution in [3.63, 3.8) is 0 Å². The number of nitrogens with zero attached hydrogens (tertiary/aromatic N) is 3. The molecule has 0 fully saturated rings. The summed E-state index contributed by atoms with van der Waals surface area (Å²) < 4.78 is 4.52. The van der Waals surface area contributed by atoms with E-state index in [-0.39, 0.29) is 5.69 Å². The van der Waals surface area contributed by atoms with Crippen LogP contribution in [0.3, 0.4) is 0 Å². The first kappa shape index (κ1) is 16.3. The Labute approximate surface area is 139 Å². The van der Waals surface area contributed by atoms with Gasteiger partial charge < -0.3 is 0 Å². The highest BCUT2D eigenvalue weighted by Crippen LogP contribution is 2.06. The molecule has 0 aliphatic heterocycles. The van der Waals surface area contributed by atoms with Crippen molar-refractivity contribution in [1.29, 1.82) is 0 Å². The molecular formula is C16H22IN3O. The van der Waals surface area contributed by atoms with E-state index >= 15 is 0 Å². The number of hydrogen-bond acceptors (Lipinski definition) is 2. The van der Waals surface area contributed by atoms with Crippen molar-refractivity contribution in [2.24, 2.45) is 0 Å². The van der Waals surface area contributed by atoms with E-state index in [1.54, 1.807) is 4.68 Å². The van der Waals surface area contributed by atoms with Gasteiger partial charge in [-0.2, -0.15) is 5.10 Å². The fraction of sp³-hybridized carbons (Fsp3) is 0.500. The van der Waals surface area contributed by atoms with E-state index in [0.29, 0.717) is 6.54 Å². The third kappa shape index (κ3) is 4.18. The summed E-state index contributed by atoms with van der Waals surface area (Å²) in [4.78, 5) is 12.5. The summed E-state index contributed by atoms with van der Waals surface area (Å²) in [7, 11) is 0. The molecule has 0 atom stereocenters. The number of aromatic nitrogens is 3. The van der Waals surface area contributed by atoms with Crippen LogP contribution in [0.15, 0.2) is 29.1 Å². The van der Waals surface area contributed by atoms with Gasteiger partial charge in [-0.05, 0) is 29.8 Å². The quantitative estimate of drug-likeness (QED) is 0.530. The van der Waals surface area contributed by atoms with Gasteiger partial charge in [0.2, 0.25) is 0 Å². The molecule has 0 saturated heterocycles. The second-order valence-corrected chi connectivity index (χ2v) is 6.36. The van der Waals surface area contributed by atoms with E-state index in [0.717, 1.165) is 41.6 Å². The minimum Gasteiger partial charge on any atom is -0.279 e. The molecule has 114 valence electrons. The highest BCUT2D eigenvalue weighted by molar-refractivity contribution is 14.1. The van der Waals surface area contributed by atoms with Gasteiger partial charge in [0.25, 0.3) is 0 Å². The number of hydrogen-bond donors (Lipinski definition) is 0. The normalized spacial score (nSPS) is 11.0. The summed E-state index contributed by atoms with van der Waals surface area (Å²) in [5.74, 6) is 0.922. The number of alkyl halides is 1. The standard InChI is InChI=1S/C16H22IN3O/c1-3-11-19-15(5-4-10-17)18-20(16(19)21)12-14-8-6-13(2)7-9-14/h6-9H,3-5,10-12H2,1-2H3. The van der Waals surface area contributed by atoms with Crippen LogP contribution < -0.4 is 5.69 Å². The maximum Gasteiger partial charge on any atom is 0.346 e. The second kappa shape index (κ2) is 7.77. The van der Waals surface area contributed by atoms with Crippen LogP contribution in [-0.4, -0.2) is 18.8 Å². The van der Waals surface area contributed by atoms with Gasteiger partial charge in [0.15, 0.2) is 0 Å². The van der Waals surface area contributed by atoms with E-state index in [4.69, 9.17) is 0 Å². The van der Waals surface area contributed by atoms with Gasteiger partial charge in [-0.15, -0.1) is 0 Å². The van der Waals surface area contributed by atoms with Gasteiger partial charge in [-0.3, -0.25) is 4.57 Å². The van der Waals surface area contributed by atoms with Crippen molar-refractivity contribution in [3.8, 4) is 0 Å². The van der Waals surface area contributed by atoms with Gasteiger partial charge in [0, 0.05) is 13.0 Å². The van der Waals surface area contributed by atoms with Gasteiger partial charge in [0.1, 0.15) is 5.82 Å². The lowest BCUT2D eigenvalue weighted by Crippen LogP contribution is -2.26. The zero-order valence-corrected chi connectivity index (χ0v) is 14.8. The summed E-state index contributed by atoms with van der Waals surface area (Å²) in [5, 5.41) is 4.55. The Kier molecular flexibility index (Phi) is 6.02. The number of rotatable bonds is 7. The minimum atomic E-state index is 0.0147. The molecule has 1 aromatic heterocycles. The lowest BCUT2D eigenvalue weighted by molar-refractivity contribution is 0.600. The first-order valence-electron chi connectivity index (χ1n) is 7.43. The Morgan fingerprint density at radius 1 is 1.24 bits per heavy atom. The van der Waals surface area contributed by atoms with Crippen molar-refractivity contribution >= 4 is 22.6 Å². The highest BCUT2D eigenvalue weighted by atomic mass is 127.